The summed E-state index contributed by atoms with van der Waals surface area (Å²) < 4.78 is 38.5. The molecule has 3 rings (SSSR count). The van der Waals surface area contributed by atoms with Crippen LogP contribution >= 0.6 is 11.6 Å². The highest BCUT2D eigenvalue weighted by Crippen LogP contribution is 2.32. The molecule has 0 N–H and O–H groups in total. The van der Waals surface area contributed by atoms with Crippen LogP contribution in [0.5, 0.6) is 0 Å². The maximum atomic E-state index is 12.8. The third-order valence-electron chi connectivity index (χ3n) is 4.52. The first-order valence-electron chi connectivity index (χ1n) is 8.79. The van der Waals surface area contributed by atoms with E-state index in [-0.39, 0.29) is 16.5 Å². The zero-order valence-corrected chi connectivity index (χ0v) is 15.7. The van der Waals surface area contributed by atoms with Crippen LogP contribution in [0.3, 0.4) is 0 Å². The molecule has 0 atom stereocenters. The number of benzene rings is 1. The summed E-state index contributed by atoms with van der Waals surface area (Å²) in [6, 6.07) is 8.80. The summed E-state index contributed by atoms with van der Waals surface area (Å²) in [5.41, 5.74) is 0.340. The second kappa shape index (κ2) is 8.75. The van der Waals surface area contributed by atoms with Gasteiger partial charge in [-0.2, -0.15) is 13.2 Å². The lowest BCUT2D eigenvalue weighted by Crippen LogP contribution is -2.47. The van der Waals surface area contributed by atoms with Gasteiger partial charge in [0.1, 0.15) is 0 Å². The van der Waals surface area contributed by atoms with Crippen LogP contribution in [-0.2, 0) is 17.5 Å². The van der Waals surface area contributed by atoms with Gasteiger partial charge in [-0.1, -0.05) is 17.7 Å². The van der Waals surface area contributed by atoms with E-state index >= 15 is 0 Å². The number of alkyl halides is 3. The van der Waals surface area contributed by atoms with Gasteiger partial charge in [-0.3, -0.25) is 14.7 Å². The van der Waals surface area contributed by atoms with E-state index in [1.807, 2.05) is 18.2 Å². The predicted molar refractivity (Wildman–Crippen MR) is 102 cm³/mol. The van der Waals surface area contributed by atoms with E-state index in [4.69, 9.17) is 11.6 Å². The van der Waals surface area contributed by atoms with E-state index in [1.54, 1.807) is 11.1 Å². The van der Waals surface area contributed by atoms with E-state index in [1.165, 1.54) is 18.2 Å². The minimum atomic E-state index is -4.46. The Morgan fingerprint density at radius 2 is 1.89 bits per heavy atom. The van der Waals surface area contributed by atoms with Gasteiger partial charge in [-0.25, -0.2) is 0 Å². The first-order chi connectivity index (χ1) is 13.3. The van der Waals surface area contributed by atoms with Gasteiger partial charge < -0.3 is 4.90 Å². The average Bonchev–Trinajstić information content (AvgIpc) is 2.67. The smallest absolute Gasteiger partial charge is 0.337 e. The molecule has 2 heterocycles. The van der Waals surface area contributed by atoms with Gasteiger partial charge in [0.25, 0.3) is 0 Å². The lowest BCUT2D eigenvalue weighted by atomic mass is 10.1. The first-order valence-corrected chi connectivity index (χ1v) is 9.17. The Morgan fingerprint density at radius 3 is 2.54 bits per heavy atom. The summed E-state index contributed by atoms with van der Waals surface area (Å²) in [7, 11) is 0. The van der Waals surface area contributed by atoms with Crippen LogP contribution in [0, 0.1) is 0 Å². The standard InChI is InChI=1S/C20H19ClF3N3O/c21-18-6-5-16(20(22,23)24)13-15(18)4-7-19(28)27-11-9-26(10-12-27)14-17-3-1-2-8-25-17/h1-8,13H,9-12,14H2/b7-4+. The third-order valence-corrected chi connectivity index (χ3v) is 4.87. The number of hydrogen-bond acceptors (Lipinski definition) is 3. The molecule has 0 radical (unpaired) electrons. The number of aromatic nitrogens is 1. The maximum absolute atomic E-state index is 12.8. The van der Waals surface area contributed by atoms with Crippen molar-refractivity contribution < 1.29 is 18.0 Å². The van der Waals surface area contributed by atoms with E-state index < -0.39 is 11.7 Å². The van der Waals surface area contributed by atoms with Crippen molar-refractivity contribution in [2.75, 3.05) is 26.2 Å². The molecule has 1 fully saturated rings. The largest absolute Gasteiger partial charge is 0.416 e. The van der Waals surface area contributed by atoms with E-state index in [0.29, 0.717) is 26.2 Å². The first kappa shape index (κ1) is 20.4. The maximum Gasteiger partial charge on any atom is 0.416 e. The predicted octanol–water partition coefficient (Wildman–Crippen LogP) is 4.11. The molecule has 0 bridgehead atoms. The Bertz CT molecular complexity index is 848. The van der Waals surface area contributed by atoms with Crippen LogP contribution in [0.4, 0.5) is 13.2 Å². The van der Waals surface area contributed by atoms with Crippen molar-refractivity contribution in [3.05, 3.63) is 70.5 Å². The summed E-state index contributed by atoms with van der Waals surface area (Å²) in [5.74, 6) is -0.244. The number of halogens is 4. The summed E-state index contributed by atoms with van der Waals surface area (Å²) in [6.45, 7) is 3.23. The van der Waals surface area contributed by atoms with Crippen LogP contribution < -0.4 is 0 Å². The summed E-state index contributed by atoms with van der Waals surface area (Å²) in [6.07, 6.45) is -0.101. The third kappa shape index (κ3) is 5.33. The van der Waals surface area contributed by atoms with Crippen molar-refractivity contribution in [1.29, 1.82) is 0 Å². The van der Waals surface area contributed by atoms with Gasteiger partial charge in [0.05, 0.1) is 11.3 Å². The normalized spacial score (nSPS) is 15.9. The number of carbonyl (C=O) groups is 1. The van der Waals surface area contributed by atoms with Crippen molar-refractivity contribution in [3.63, 3.8) is 0 Å². The van der Waals surface area contributed by atoms with Gasteiger partial charge in [0.15, 0.2) is 0 Å². The molecule has 1 saturated heterocycles. The second-order valence-electron chi connectivity index (χ2n) is 6.49. The van der Waals surface area contributed by atoms with Gasteiger partial charge in [0, 0.05) is 50.0 Å². The van der Waals surface area contributed by atoms with Gasteiger partial charge in [-0.15, -0.1) is 0 Å². The van der Waals surface area contributed by atoms with Crippen molar-refractivity contribution in [3.8, 4) is 0 Å². The Balaban J connectivity index is 1.57. The quantitative estimate of drug-likeness (QED) is 0.713. The lowest BCUT2D eigenvalue weighted by molar-refractivity contribution is -0.137. The second-order valence-corrected chi connectivity index (χ2v) is 6.90. The Labute approximate surface area is 166 Å². The zero-order chi connectivity index (χ0) is 20.1. The van der Waals surface area contributed by atoms with Crippen molar-refractivity contribution >= 4 is 23.6 Å². The molecule has 148 valence electrons. The fourth-order valence-corrected chi connectivity index (χ4v) is 3.14. The molecule has 2 aromatic rings. The molecule has 1 aromatic heterocycles. The van der Waals surface area contributed by atoms with Crippen LogP contribution in [-0.4, -0.2) is 46.9 Å². The number of hydrogen-bond donors (Lipinski definition) is 0. The van der Waals surface area contributed by atoms with E-state index in [2.05, 4.69) is 9.88 Å². The highest BCUT2D eigenvalue weighted by Gasteiger charge is 2.30. The molecule has 1 aromatic carbocycles. The number of rotatable bonds is 4. The average molecular weight is 410 g/mol. The number of pyridine rings is 1. The monoisotopic (exact) mass is 409 g/mol. The number of carbonyl (C=O) groups excluding carboxylic acids is 1. The minimum Gasteiger partial charge on any atom is -0.337 e. The van der Waals surface area contributed by atoms with Crippen LogP contribution in [0.15, 0.2) is 48.7 Å². The molecule has 4 nitrogen and oxygen atoms in total. The lowest BCUT2D eigenvalue weighted by Gasteiger charge is -2.34. The van der Waals surface area contributed by atoms with E-state index in [0.717, 1.165) is 24.4 Å². The van der Waals surface area contributed by atoms with Gasteiger partial charge in [-0.05, 0) is 42.0 Å². The van der Waals surface area contributed by atoms with Crippen LogP contribution in [0.1, 0.15) is 16.8 Å². The summed E-state index contributed by atoms with van der Waals surface area (Å²) >= 11 is 5.96. The Kier molecular flexibility index (Phi) is 6.36. The summed E-state index contributed by atoms with van der Waals surface area (Å²) in [5, 5.41) is 0.164. The number of amides is 1. The molecular formula is C20H19ClF3N3O. The Hall–Kier alpha value is -2.38. The molecule has 0 aliphatic carbocycles. The minimum absolute atomic E-state index is 0.164. The topological polar surface area (TPSA) is 36.4 Å². The van der Waals surface area contributed by atoms with Crippen LogP contribution in [0.2, 0.25) is 5.02 Å². The highest BCUT2D eigenvalue weighted by molar-refractivity contribution is 6.32. The highest BCUT2D eigenvalue weighted by atomic mass is 35.5. The van der Waals surface area contributed by atoms with Gasteiger partial charge >= 0.3 is 6.18 Å². The summed E-state index contributed by atoms with van der Waals surface area (Å²) in [4.78, 5) is 20.6. The molecule has 0 spiro atoms. The zero-order valence-electron chi connectivity index (χ0n) is 15.0. The van der Waals surface area contributed by atoms with E-state index in [9.17, 15) is 18.0 Å². The van der Waals surface area contributed by atoms with Gasteiger partial charge in [0.2, 0.25) is 5.91 Å². The fraction of sp³-hybridized carbons (Fsp3) is 0.300. The molecule has 0 unspecified atom stereocenters. The Morgan fingerprint density at radius 1 is 1.14 bits per heavy atom. The molecule has 8 heteroatoms. The molecule has 28 heavy (non-hydrogen) atoms. The molecular weight excluding hydrogens is 391 g/mol. The van der Waals surface area contributed by atoms with Crippen molar-refractivity contribution in [2.45, 2.75) is 12.7 Å². The number of piperazine rings is 1. The SMILES string of the molecule is O=C(/C=C/c1cc(C(F)(F)F)ccc1Cl)N1CCN(Cc2ccccn2)CC1. The molecule has 1 aliphatic heterocycles. The van der Waals surface area contributed by atoms with Crippen molar-refractivity contribution in [2.24, 2.45) is 0 Å². The number of nitrogens with zero attached hydrogens (tertiary/aromatic N) is 3. The van der Waals surface area contributed by atoms with Crippen molar-refractivity contribution in [1.82, 2.24) is 14.8 Å². The van der Waals surface area contributed by atoms with Crippen LogP contribution in [0.25, 0.3) is 6.08 Å². The molecule has 1 aliphatic rings. The fourth-order valence-electron chi connectivity index (χ4n) is 2.96. The molecule has 1 amide bonds. The molecule has 0 saturated carbocycles.